The van der Waals surface area contributed by atoms with E-state index in [1.165, 1.54) is 0 Å². The molecule has 0 fully saturated rings. The fraction of sp³-hybridized carbons (Fsp3) is 0.462. The van der Waals surface area contributed by atoms with Gasteiger partial charge in [0.15, 0.2) is 0 Å². The zero-order chi connectivity index (χ0) is 13.1. The molecule has 1 amide bonds. The highest BCUT2D eigenvalue weighted by atomic mass is 79.9. The predicted molar refractivity (Wildman–Crippen MR) is 75.2 cm³/mol. The minimum atomic E-state index is -0.537. The lowest BCUT2D eigenvalue weighted by Crippen LogP contribution is -2.39. The normalized spacial score (nSPS) is 13.2. The van der Waals surface area contributed by atoms with E-state index >= 15 is 0 Å². The van der Waals surface area contributed by atoms with Crippen molar-refractivity contribution in [3.63, 3.8) is 0 Å². The highest BCUT2D eigenvalue weighted by molar-refractivity contribution is 9.10. The second-order valence-corrected chi connectivity index (χ2v) is 5.95. The van der Waals surface area contributed by atoms with E-state index in [1.807, 2.05) is 45.0 Å². The number of hydrogen-bond donors (Lipinski definition) is 1. The Morgan fingerprint density at radius 3 is 2.41 bits per heavy atom. The van der Waals surface area contributed by atoms with Crippen LogP contribution in [0, 0.1) is 5.41 Å². The molecule has 0 unspecified atom stereocenters. The number of carbonyl (C=O) groups excluding carboxylic acids is 1. The first-order chi connectivity index (χ1) is 7.86. The summed E-state index contributed by atoms with van der Waals surface area (Å²) in [5, 5.41) is 2.97. The second-order valence-electron chi connectivity index (χ2n) is 4.76. The predicted octanol–water partition coefficient (Wildman–Crippen LogP) is 3.89. The van der Waals surface area contributed by atoms with Crippen molar-refractivity contribution >= 4 is 33.4 Å². The SMILES string of the molecule is C[C@@H](NC(=O)C(C)(C)CCl)c1ccc(Br)cc1. The number of benzene rings is 1. The number of alkyl halides is 1. The van der Waals surface area contributed by atoms with Crippen LogP contribution in [0.1, 0.15) is 32.4 Å². The number of amides is 1. The van der Waals surface area contributed by atoms with Crippen LogP contribution < -0.4 is 5.32 Å². The summed E-state index contributed by atoms with van der Waals surface area (Å²) in [6.45, 7) is 5.64. The van der Waals surface area contributed by atoms with E-state index in [-0.39, 0.29) is 11.9 Å². The van der Waals surface area contributed by atoms with Crippen LogP contribution in [-0.4, -0.2) is 11.8 Å². The summed E-state index contributed by atoms with van der Waals surface area (Å²) in [5.41, 5.74) is 0.539. The average molecular weight is 319 g/mol. The first-order valence-electron chi connectivity index (χ1n) is 5.49. The van der Waals surface area contributed by atoms with E-state index in [9.17, 15) is 4.79 Å². The van der Waals surface area contributed by atoms with Crippen LogP contribution >= 0.6 is 27.5 Å². The van der Waals surface area contributed by atoms with Crippen molar-refractivity contribution in [2.45, 2.75) is 26.8 Å². The van der Waals surface area contributed by atoms with Crippen molar-refractivity contribution in [3.05, 3.63) is 34.3 Å². The molecule has 1 N–H and O–H groups in total. The summed E-state index contributed by atoms with van der Waals surface area (Å²) < 4.78 is 1.03. The molecule has 0 spiro atoms. The second kappa shape index (κ2) is 5.87. The van der Waals surface area contributed by atoms with Gasteiger partial charge in [-0.25, -0.2) is 0 Å². The molecule has 2 nitrogen and oxygen atoms in total. The average Bonchev–Trinajstić information content (AvgIpc) is 2.29. The van der Waals surface area contributed by atoms with Gasteiger partial charge in [0.1, 0.15) is 0 Å². The van der Waals surface area contributed by atoms with Crippen molar-refractivity contribution in [2.24, 2.45) is 5.41 Å². The van der Waals surface area contributed by atoms with E-state index in [2.05, 4.69) is 21.2 Å². The van der Waals surface area contributed by atoms with Gasteiger partial charge in [-0.05, 0) is 38.5 Å². The van der Waals surface area contributed by atoms with Crippen molar-refractivity contribution in [1.82, 2.24) is 5.32 Å². The van der Waals surface area contributed by atoms with Crippen LogP contribution in [0.3, 0.4) is 0 Å². The topological polar surface area (TPSA) is 29.1 Å². The monoisotopic (exact) mass is 317 g/mol. The zero-order valence-corrected chi connectivity index (χ0v) is 12.6. The van der Waals surface area contributed by atoms with Crippen LogP contribution in [0.25, 0.3) is 0 Å². The standard InChI is InChI=1S/C13H17BrClNO/c1-9(10-4-6-11(14)7-5-10)16-12(17)13(2,3)8-15/h4-7,9H,8H2,1-3H3,(H,16,17)/t9-/m1/s1. The van der Waals surface area contributed by atoms with Crippen molar-refractivity contribution in [3.8, 4) is 0 Å². The fourth-order valence-electron chi connectivity index (χ4n) is 1.29. The number of hydrogen-bond acceptors (Lipinski definition) is 1. The Kier molecular flexibility index (Phi) is 5.02. The quantitative estimate of drug-likeness (QED) is 0.838. The van der Waals surface area contributed by atoms with Crippen LogP contribution in [0.2, 0.25) is 0 Å². The summed E-state index contributed by atoms with van der Waals surface area (Å²) in [5.74, 6) is 0.286. The fourth-order valence-corrected chi connectivity index (χ4v) is 1.67. The molecule has 1 aromatic rings. The van der Waals surface area contributed by atoms with Crippen LogP contribution in [0.15, 0.2) is 28.7 Å². The lowest BCUT2D eigenvalue weighted by atomic mass is 9.94. The van der Waals surface area contributed by atoms with Crippen molar-refractivity contribution < 1.29 is 4.79 Å². The van der Waals surface area contributed by atoms with Gasteiger partial charge in [0, 0.05) is 10.4 Å². The van der Waals surface area contributed by atoms with Gasteiger partial charge in [0.25, 0.3) is 0 Å². The summed E-state index contributed by atoms with van der Waals surface area (Å²) in [6, 6.07) is 7.89. The van der Waals surface area contributed by atoms with Gasteiger partial charge in [-0.15, -0.1) is 11.6 Å². The molecule has 0 bridgehead atoms. The van der Waals surface area contributed by atoms with E-state index < -0.39 is 5.41 Å². The van der Waals surface area contributed by atoms with Crippen LogP contribution in [-0.2, 0) is 4.79 Å². The van der Waals surface area contributed by atoms with Crippen molar-refractivity contribution in [2.75, 3.05) is 5.88 Å². The molecule has 1 rings (SSSR count). The third-order valence-electron chi connectivity index (χ3n) is 2.67. The summed E-state index contributed by atoms with van der Waals surface area (Å²) >= 11 is 9.15. The Morgan fingerprint density at radius 2 is 1.94 bits per heavy atom. The Balaban J connectivity index is 2.70. The van der Waals surface area contributed by atoms with Crippen LogP contribution in [0.5, 0.6) is 0 Å². The zero-order valence-electron chi connectivity index (χ0n) is 10.3. The molecule has 0 radical (unpaired) electrons. The van der Waals surface area contributed by atoms with Gasteiger partial charge in [-0.1, -0.05) is 28.1 Å². The maximum Gasteiger partial charge on any atom is 0.227 e. The van der Waals surface area contributed by atoms with E-state index in [0.29, 0.717) is 5.88 Å². The molecule has 0 aliphatic heterocycles. The molecule has 0 aliphatic rings. The minimum absolute atomic E-state index is 0.0157. The van der Waals surface area contributed by atoms with Crippen molar-refractivity contribution in [1.29, 1.82) is 0 Å². The summed E-state index contributed by atoms with van der Waals surface area (Å²) in [7, 11) is 0. The molecule has 17 heavy (non-hydrogen) atoms. The highest BCUT2D eigenvalue weighted by Gasteiger charge is 2.27. The molecular formula is C13H17BrClNO. The first-order valence-corrected chi connectivity index (χ1v) is 6.82. The Bertz CT molecular complexity index is 389. The number of halogens is 2. The summed E-state index contributed by atoms with van der Waals surface area (Å²) in [4.78, 5) is 11.9. The van der Waals surface area contributed by atoms with Gasteiger partial charge < -0.3 is 5.32 Å². The Labute approximate surface area is 116 Å². The molecule has 0 saturated heterocycles. The van der Waals surface area contributed by atoms with Gasteiger partial charge in [0.05, 0.1) is 11.5 Å². The van der Waals surface area contributed by atoms with E-state index in [1.54, 1.807) is 0 Å². The van der Waals surface area contributed by atoms with Gasteiger partial charge >= 0.3 is 0 Å². The van der Waals surface area contributed by atoms with E-state index in [4.69, 9.17) is 11.6 Å². The molecule has 4 heteroatoms. The highest BCUT2D eigenvalue weighted by Crippen LogP contribution is 2.21. The molecule has 1 aromatic carbocycles. The molecule has 94 valence electrons. The number of rotatable bonds is 4. The Morgan fingerprint density at radius 1 is 1.41 bits per heavy atom. The largest absolute Gasteiger partial charge is 0.349 e. The lowest BCUT2D eigenvalue weighted by Gasteiger charge is -2.24. The molecule has 0 heterocycles. The first kappa shape index (κ1) is 14.5. The maximum absolute atomic E-state index is 11.9. The van der Waals surface area contributed by atoms with Gasteiger partial charge in [-0.3, -0.25) is 4.79 Å². The molecule has 0 saturated carbocycles. The van der Waals surface area contributed by atoms with Gasteiger partial charge in [0.2, 0.25) is 5.91 Å². The Hall–Kier alpha value is -0.540. The molecular weight excluding hydrogens is 302 g/mol. The van der Waals surface area contributed by atoms with Crippen LogP contribution in [0.4, 0.5) is 0 Å². The maximum atomic E-state index is 11.9. The number of nitrogens with one attached hydrogen (secondary N) is 1. The third-order valence-corrected chi connectivity index (χ3v) is 3.86. The third kappa shape index (κ3) is 4.00. The minimum Gasteiger partial charge on any atom is -0.349 e. The summed E-state index contributed by atoms with van der Waals surface area (Å²) in [6.07, 6.45) is 0. The van der Waals surface area contributed by atoms with E-state index in [0.717, 1.165) is 10.0 Å². The molecule has 0 aromatic heterocycles. The van der Waals surface area contributed by atoms with Gasteiger partial charge in [-0.2, -0.15) is 0 Å². The number of carbonyl (C=O) groups is 1. The lowest BCUT2D eigenvalue weighted by molar-refractivity contribution is -0.129. The molecule has 1 atom stereocenters. The smallest absolute Gasteiger partial charge is 0.227 e. The molecule has 0 aliphatic carbocycles.